The highest BCUT2D eigenvalue weighted by Crippen LogP contribution is 2.35. The molecule has 0 saturated heterocycles. The summed E-state index contributed by atoms with van der Waals surface area (Å²) in [6.07, 6.45) is 2.55. The Balaban J connectivity index is 3.06. The van der Waals surface area contributed by atoms with E-state index in [-0.39, 0.29) is 0 Å². The maximum absolute atomic E-state index is 11.7. The zero-order chi connectivity index (χ0) is 17.6. The molecular weight excluding hydrogens is 322 g/mol. The largest absolute Gasteiger partial charge is 0.496 e. The third-order valence-corrected chi connectivity index (χ3v) is 4.74. The second kappa shape index (κ2) is 7.87. The van der Waals surface area contributed by atoms with Gasteiger partial charge in [-0.05, 0) is 26.0 Å². The molecule has 7 nitrogen and oxygen atoms in total. The van der Waals surface area contributed by atoms with Gasteiger partial charge in [-0.1, -0.05) is 0 Å². The van der Waals surface area contributed by atoms with Crippen molar-refractivity contribution in [1.29, 1.82) is 0 Å². The van der Waals surface area contributed by atoms with E-state index in [4.69, 9.17) is 14.2 Å². The molecular formula is C15H21NO6S. The summed E-state index contributed by atoms with van der Waals surface area (Å²) in [4.78, 5) is 11.7. The average Bonchev–Trinajstić information content (AvgIpc) is 2.51. The predicted octanol–water partition coefficient (Wildman–Crippen LogP) is 1.58. The lowest BCUT2D eigenvalue weighted by Gasteiger charge is -2.12. The zero-order valence-corrected chi connectivity index (χ0v) is 14.6. The minimum atomic E-state index is -3.67. The number of hydrogen-bond acceptors (Lipinski definition) is 6. The van der Waals surface area contributed by atoms with Crippen LogP contribution in [0.1, 0.15) is 19.4 Å². The van der Waals surface area contributed by atoms with Gasteiger partial charge in [0.25, 0.3) is 5.91 Å². The van der Waals surface area contributed by atoms with Crippen LogP contribution in [0.5, 0.6) is 17.2 Å². The van der Waals surface area contributed by atoms with Crippen LogP contribution in [0.25, 0.3) is 6.08 Å². The van der Waals surface area contributed by atoms with E-state index in [0.29, 0.717) is 22.8 Å². The van der Waals surface area contributed by atoms with Gasteiger partial charge in [0.1, 0.15) is 5.75 Å². The number of amides is 1. The molecule has 0 spiro atoms. The van der Waals surface area contributed by atoms with Crippen molar-refractivity contribution in [2.45, 2.75) is 19.1 Å². The van der Waals surface area contributed by atoms with E-state index in [9.17, 15) is 13.2 Å². The zero-order valence-electron chi connectivity index (χ0n) is 13.7. The standard InChI is InChI=1S/C15H21NO6S/c1-10(2)23(18,19)16-15(17)7-6-11-8-13(21-4)14(22-5)9-12(11)20-3/h6-10H,1-5H3,(H,16,17)/b7-6+. The Morgan fingerprint density at radius 1 is 1.04 bits per heavy atom. The average molecular weight is 343 g/mol. The van der Waals surface area contributed by atoms with Gasteiger partial charge in [0.15, 0.2) is 11.5 Å². The summed E-state index contributed by atoms with van der Waals surface area (Å²) in [6.45, 7) is 2.97. The van der Waals surface area contributed by atoms with E-state index in [1.165, 1.54) is 41.3 Å². The van der Waals surface area contributed by atoms with E-state index in [2.05, 4.69) is 0 Å². The summed E-state index contributed by atoms with van der Waals surface area (Å²) in [5, 5.41) is -0.699. The van der Waals surface area contributed by atoms with Gasteiger partial charge >= 0.3 is 0 Å². The summed E-state index contributed by atoms with van der Waals surface area (Å²) < 4.78 is 40.8. The Labute approximate surface area is 136 Å². The molecule has 0 bridgehead atoms. The molecule has 0 aliphatic rings. The highest BCUT2D eigenvalue weighted by atomic mass is 32.2. The highest BCUT2D eigenvalue weighted by molar-refractivity contribution is 7.90. The number of nitrogens with one attached hydrogen (secondary N) is 1. The fraction of sp³-hybridized carbons (Fsp3) is 0.400. The molecule has 0 saturated carbocycles. The van der Waals surface area contributed by atoms with Crippen molar-refractivity contribution in [1.82, 2.24) is 4.72 Å². The van der Waals surface area contributed by atoms with Gasteiger partial charge in [0, 0.05) is 17.7 Å². The van der Waals surface area contributed by atoms with Gasteiger partial charge in [0.05, 0.1) is 26.6 Å². The van der Waals surface area contributed by atoms with Gasteiger partial charge in [-0.25, -0.2) is 13.1 Å². The Kier molecular flexibility index (Phi) is 6.44. The molecule has 0 fully saturated rings. The molecule has 0 radical (unpaired) electrons. The van der Waals surface area contributed by atoms with Gasteiger partial charge in [-0.15, -0.1) is 0 Å². The molecule has 1 rings (SSSR count). The lowest BCUT2D eigenvalue weighted by atomic mass is 10.1. The Hall–Kier alpha value is -2.22. The number of sulfonamides is 1. The van der Waals surface area contributed by atoms with Crippen molar-refractivity contribution in [2.24, 2.45) is 0 Å². The first-order valence-electron chi connectivity index (χ1n) is 6.78. The van der Waals surface area contributed by atoms with Crippen molar-refractivity contribution in [3.8, 4) is 17.2 Å². The summed E-state index contributed by atoms with van der Waals surface area (Å²) in [7, 11) is 0.789. The Morgan fingerprint density at radius 3 is 2.04 bits per heavy atom. The summed E-state index contributed by atoms with van der Waals surface area (Å²) in [5.74, 6) is 0.658. The van der Waals surface area contributed by atoms with E-state index >= 15 is 0 Å². The molecule has 128 valence electrons. The van der Waals surface area contributed by atoms with E-state index in [1.54, 1.807) is 12.1 Å². The van der Waals surface area contributed by atoms with Gasteiger partial charge < -0.3 is 14.2 Å². The molecule has 23 heavy (non-hydrogen) atoms. The number of methoxy groups -OCH3 is 3. The second-order valence-electron chi connectivity index (χ2n) is 4.84. The molecule has 0 aliphatic heterocycles. The number of carbonyl (C=O) groups excluding carboxylic acids is 1. The van der Waals surface area contributed by atoms with Crippen LogP contribution >= 0.6 is 0 Å². The number of hydrogen-bond donors (Lipinski definition) is 1. The fourth-order valence-electron chi connectivity index (χ4n) is 1.64. The first-order chi connectivity index (χ1) is 10.7. The van der Waals surface area contributed by atoms with Crippen LogP contribution < -0.4 is 18.9 Å². The van der Waals surface area contributed by atoms with Crippen molar-refractivity contribution < 1.29 is 27.4 Å². The SMILES string of the molecule is COc1cc(OC)c(OC)cc1/C=C/C(=O)NS(=O)(=O)C(C)C. The normalized spacial score (nSPS) is 11.6. The molecule has 8 heteroatoms. The maximum atomic E-state index is 11.7. The maximum Gasteiger partial charge on any atom is 0.257 e. The monoisotopic (exact) mass is 343 g/mol. The lowest BCUT2D eigenvalue weighted by Crippen LogP contribution is -2.34. The molecule has 0 aromatic heterocycles. The van der Waals surface area contributed by atoms with Gasteiger partial charge in [-0.3, -0.25) is 4.79 Å². The molecule has 0 aliphatic carbocycles. The molecule has 1 aromatic rings. The number of benzene rings is 1. The summed E-state index contributed by atoms with van der Waals surface area (Å²) in [5.41, 5.74) is 0.544. The van der Waals surface area contributed by atoms with Crippen LogP contribution in [0, 0.1) is 0 Å². The van der Waals surface area contributed by atoms with Crippen molar-refractivity contribution in [3.05, 3.63) is 23.8 Å². The first kappa shape index (κ1) is 18.8. The molecule has 0 unspecified atom stereocenters. The Bertz CT molecular complexity index is 694. The number of rotatable bonds is 7. The topological polar surface area (TPSA) is 90.9 Å². The van der Waals surface area contributed by atoms with Crippen molar-refractivity contribution in [3.63, 3.8) is 0 Å². The smallest absolute Gasteiger partial charge is 0.257 e. The number of ether oxygens (including phenoxy) is 3. The van der Waals surface area contributed by atoms with Crippen LogP contribution in [-0.4, -0.2) is 40.9 Å². The molecule has 1 aromatic carbocycles. The van der Waals surface area contributed by atoms with Crippen LogP contribution in [0.2, 0.25) is 0 Å². The second-order valence-corrected chi connectivity index (χ2v) is 7.08. The van der Waals surface area contributed by atoms with E-state index in [0.717, 1.165) is 6.08 Å². The molecule has 1 amide bonds. The van der Waals surface area contributed by atoms with Gasteiger partial charge in [-0.2, -0.15) is 0 Å². The van der Waals surface area contributed by atoms with Crippen molar-refractivity contribution >= 4 is 22.0 Å². The van der Waals surface area contributed by atoms with Crippen LogP contribution in [0.15, 0.2) is 18.2 Å². The number of carbonyl (C=O) groups is 1. The highest BCUT2D eigenvalue weighted by Gasteiger charge is 2.17. The summed E-state index contributed by atoms with van der Waals surface area (Å²) in [6, 6.07) is 3.24. The van der Waals surface area contributed by atoms with Crippen molar-refractivity contribution in [2.75, 3.05) is 21.3 Å². The molecule has 0 atom stereocenters. The fourth-order valence-corrected chi connectivity index (χ4v) is 2.22. The third kappa shape index (κ3) is 4.88. The minimum absolute atomic E-state index is 0.457. The Morgan fingerprint density at radius 2 is 1.57 bits per heavy atom. The van der Waals surface area contributed by atoms with Crippen LogP contribution in [0.4, 0.5) is 0 Å². The first-order valence-corrected chi connectivity index (χ1v) is 8.33. The van der Waals surface area contributed by atoms with E-state index in [1.807, 2.05) is 4.72 Å². The molecule has 0 heterocycles. The van der Waals surface area contributed by atoms with Crippen LogP contribution in [-0.2, 0) is 14.8 Å². The predicted molar refractivity (Wildman–Crippen MR) is 87.3 cm³/mol. The van der Waals surface area contributed by atoms with E-state index < -0.39 is 21.2 Å². The summed E-state index contributed by atoms with van der Waals surface area (Å²) >= 11 is 0. The minimum Gasteiger partial charge on any atom is -0.496 e. The lowest BCUT2D eigenvalue weighted by molar-refractivity contribution is -0.114. The van der Waals surface area contributed by atoms with Gasteiger partial charge in [0.2, 0.25) is 10.0 Å². The quantitative estimate of drug-likeness (QED) is 0.756. The van der Waals surface area contributed by atoms with Crippen LogP contribution in [0.3, 0.4) is 0 Å². The third-order valence-electron chi connectivity index (χ3n) is 3.01. The molecule has 1 N–H and O–H groups in total.